The van der Waals surface area contributed by atoms with Crippen molar-refractivity contribution in [3.63, 3.8) is 0 Å². The summed E-state index contributed by atoms with van der Waals surface area (Å²) in [6, 6.07) is 21.6. The zero-order valence-electron chi connectivity index (χ0n) is 22.5. The normalized spacial score (nSPS) is 16.8. The number of hydrogen-bond acceptors (Lipinski definition) is 3. The highest BCUT2D eigenvalue weighted by atomic mass is 35.5. The largest absolute Gasteiger partial charge is 0.352 e. The highest BCUT2D eigenvalue weighted by Crippen LogP contribution is 2.41. The Balaban J connectivity index is 1.50. The number of carbonyl (C=O) groups is 1. The van der Waals surface area contributed by atoms with Crippen LogP contribution in [0.4, 0.5) is 5.69 Å². The Morgan fingerprint density at radius 1 is 1.03 bits per heavy atom. The summed E-state index contributed by atoms with van der Waals surface area (Å²) in [4.78, 5) is 19.8. The number of amides is 1. The second-order valence-electron chi connectivity index (χ2n) is 10.0. The summed E-state index contributed by atoms with van der Waals surface area (Å²) < 4.78 is 2.25. The van der Waals surface area contributed by atoms with E-state index in [-0.39, 0.29) is 18.0 Å². The van der Waals surface area contributed by atoms with Crippen LogP contribution in [-0.4, -0.2) is 32.0 Å². The smallest absolute Gasteiger partial charge is 0.226 e. The van der Waals surface area contributed by atoms with Gasteiger partial charge in [-0.25, -0.2) is 0 Å². The first-order valence-corrected chi connectivity index (χ1v) is 13.8. The van der Waals surface area contributed by atoms with Crippen molar-refractivity contribution in [2.45, 2.75) is 46.2 Å². The van der Waals surface area contributed by atoms with E-state index in [2.05, 4.69) is 51.9 Å². The van der Waals surface area contributed by atoms with Crippen molar-refractivity contribution < 1.29 is 4.79 Å². The number of aromatic nitrogens is 2. The third-order valence-corrected chi connectivity index (χ3v) is 7.99. The Hall–Kier alpha value is -3.68. The molecule has 39 heavy (non-hydrogen) atoms. The van der Waals surface area contributed by atoms with Crippen molar-refractivity contribution >= 4 is 40.5 Å². The SMILES string of the molecule is Cc1ccccc1NC(=O)CCN1C(=S)N[C@H](c2ccccn2)[C@H]1c1cc(C)n(-c2cc(Cl)ccc2C)c1C. The third kappa shape index (κ3) is 5.42. The van der Waals surface area contributed by atoms with Crippen molar-refractivity contribution in [1.82, 2.24) is 19.8 Å². The van der Waals surface area contributed by atoms with E-state index >= 15 is 0 Å². The van der Waals surface area contributed by atoms with E-state index in [9.17, 15) is 4.79 Å². The average Bonchev–Trinajstić information content (AvgIpc) is 3.40. The van der Waals surface area contributed by atoms with Gasteiger partial charge in [0.15, 0.2) is 5.11 Å². The molecule has 5 rings (SSSR count). The van der Waals surface area contributed by atoms with E-state index in [1.807, 2.05) is 67.6 Å². The third-order valence-electron chi connectivity index (χ3n) is 7.40. The molecule has 1 saturated heterocycles. The number of aryl methyl sites for hydroxylation is 3. The molecule has 0 unspecified atom stereocenters. The van der Waals surface area contributed by atoms with Gasteiger partial charge in [0.25, 0.3) is 0 Å². The summed E-state index contributed by atoms with van der Waals surface area (Å²) >= 11 is 12.2. The molecule has 2 aromatic heterocycles. The first-order chi connectivity index (χ1) is 18.7. The van der Waals surface area contributed by atoms with Crippen LogP contribution < -0.4 is 10.6 Å². The standard InChI is InChI=1S/C31H32ClN5OS/c1-19-9-5-6-10-25(19)34-28(38)14-16-36-30(29(35-31(36)39)26-11-7-8-15-33-26)24-17-21(3)37(22(24)4)27-18-23(32)13-12-20(27)2/h5-13,15,17-18,29-30H,14,16H2,1-4H3,(H,34,38)(H,35,39)/t29-,30-/m1/s1. The van der Waals surface area contributed by atoms with E-state index in [1.165, 1.54) is 0 Å². The lowest BCUT2D eigenvalue weighted by Crippen LogP contribution is -2.33. The van der Waals surface area contributed by atoms with Crippen LogP contribution in [0.5, 0.6) is 0 Å². The van der Waals surface area contributed by atoms with Gasteiger partial charge in [0, 0.05) is 46.9 Å². The number of hydrogen-bond donors (Lipinski definition) is 2. The zero-order valence-corrected chi connectivity index (χ0v) is 24.1. The minimum atomic E-state index is -0.160. The van der Waals surface area contributed by atoms with Gasteiger partial charge in [0.05, 0.1) is 17.8 Å². The number of halogens is 1. The first-order valence-electron chi connectivity index (χ1n) is 13.0. The maximum atomic E-state index is 13.0. The summed E-state index contributed by atoms with van der Waals surface area (Å²) in [7, 11) is 0. The molecule has 2 N–H and O–H groups in total. The number of nitrogens with zero attached hydrogens (tertiary/aromatic N) is 3. The molecule has 1 aliphatic rings. The lowest BCUT2D eigenvalue weighted by atomic mass is 9.96. The summed E-state index contributed by atoms with van der Waals surface area (Å²) in [6.07, 6.45) is 2.10. The Kier molecular flexibility index (Phi) is 7.73. The molecule has 3 heterocycles. The number of nitrogens with one attached hydrogen (secondary N) is 2. The second-order valence-corrected chi connectivity index (χ2v) is 10.8. The van der Waals surface area contributed by atoms with Crippen LogP contribution in [0, 0.1) is 27.7 Å². The summed E-state index contributed by atoms with van der Waals surface area (Å²) in [6.45, 7) is 8.78. The quantitative estimate of drug-likeness (QED) is 0.246. The van der Waals surface area contributed by atoms with Gasteiger partial charge in [-0.2, -0.15) is 0 Å². The maximum absolute atomic E-state index is 13.0. The molecule has 0 bridgehead atoms. The highest BCUT2D eigenvalue weighted by molar-refractivity contribution is 7.80. The molecule has 0 aliphatic carbocycles. The zero-order chi connectivity index (χ0) is 27.7. The Bertz CT molecular complexity index is 1530. The number of pyridine rings is 1. The number of anilines is 1. The van der Waals surface area contributed by atoms with E-state index < -0.39 is 0 Å². The van der Waals surface area contributed by atoms with Gasteiger partial charge in [-0.05, 0) is 93.0 Å². The van der Waals surface area contributed by atoms with Crippen LogP contribution in [0.2, 0.25) is 5.02 Å². The number of carbonyl (C=O) groups excluding carboxylic acids is 1. The minimum absolute atomic E-state index is 0.0489. The minimum Gasteiger partial charge on any atom is -0.352 e. The molecular weight excluding hydrogens is 526 g/mol. The fraction of sp³-hybridized carbons (Fsp3) is 0.258. The number of rotatable bonds is 7. The van der Waals surface area contributed by atoms with Crippen LogP contribution in [-0.2, 0) is 4.79 Å². The van der Waals surface area contributed by atoms with Crippen LogP contribution in [0.15, 0.2) is 72.9 Å². The van der Waals surface area contributed by atoms with E-state index in [0.29, 0.717) is 23.1 Å². The molecule has 0 saturated carbocycles. The van der Waals surface area contributed by atoms with Gasteiger partial charge in [-0.3, -0.25) is 9.78 Å². The molecule has 2 atom stereocenters. The molecule has 1 aliphatic heterocycles. The molecule has 1 fully saturated rings. The molecule has 1 amide bonds. The first kappa shape index (κ1) is 26.9. The molecular formula is C31H32ClN5OS. The van der Waals surface area contributed by atoms with E-state index in [4.69, 9.17) is 23.8 Å². The van der Waals surface area contributed by atoms with Crippen molar-refractivity contribution in [1.29, 1.82) is 0 Å². The number of para-hydroxylation sites is 1. The molecule has 0 spiro atoms. The molecule has 4 aromatic rings. The van der Waals surface area contributed by atoms with Gasteiger partial charge < -0.3 is 20.1 Å². The Morgan fingerprint density at radius 3 is 2.54 bits per heavy atom. The van der Waals surface area contributed by atoms with Gasteiger partial charge in [0.2, 0.25) is 5.91 Å². The fourth-order valence-corrected chi connectivity index (χ4v) is 5.91. The average molecular weight is 558 g/mol. The molecule has 0 radical (unpaired) electrons. The van der Waals surface area contributed by atoms with Crippen LogP contribution >= 0.6 is 23.8 Å². The van der Waals surface area contributed by atoms with Gasteiger partial charge in [-0.1, -0.05) is 41.9 Å². The predicted octanol–water partition coefficient (Wildman–Crippen LogP) is 6.76. The van der Waals surface area contributed by atoms with E-state index in [0.717, 1.165) is 45.1 Å². The maximum Gasteiger partial charge on any atom is 0.226 e. The summed E-state index contributed by atoms with van der Waals surface area (Å²) in [5.41, 5.74) is 8.28. The van der Waals surface area contributed by atoms with Crippen molar-refractivity contribution in [2.24, 2.45) is 0 Å². The Labute approximate surface area is 240 Å². The van der Waals surface area contributed by atoms with Gasteiger partial charge >= 0.3 is 0 Å². The number of thiocarbonyl (C=S) groups is 1. The van der Waals surface area contributed by atoms with Crippen LogP contribution in [0.3, 0.4) is 0 Å². The van der Waals surface area contributed by atoms with Crippen LogP contribution in [0.25, 0.3) is 5.69 Å². The van der Waals surface area contributed by atoms with E-state index in [1.54, 1.807) is 6.20 Å². The molecule has 8 heteroatoms. The second kappa shape index (κ2) is 11.2. The predicted molar refractivity (Wildman–Crippen MR) is 162 cm³/mol. The lowest BCUT2D eigenvalue weighted by molar-refractivity contribution is -0.116. The topological polar surface area (TPSA) is 62.2 Å². The molecule has 6 nitrogen and oxygen atoms in total. The monoisotopic (exact) mass is 557 g/mol. The fourth-order valence-electron chi connectivity index (χ4n) is 5.41. The Morgan fingerprint density at radius 2 is 1.79 bits per heavy atom. The van der Waals surface area contributed by atoms with Gasteiger partial charge in [-0.15, -0.1) is 0 Å². The molecule has 200 valence electrons. The summed E-state index contributed by atoms with van der Waals surface area (Å²) in [5.74, 6) is -0.0489. The highest BCUT2D eigenvalue weighted by Gasteiger charge is 2.41. The van der Waals surface area contributed by atoms with Gasteiger partial charge in [0.1, 0.15) is 0 Å². The summed E-state index contributed by atoms with van der Waals surface area (Å²) in [5, 5.41) is 7.86. The van der Waals surface area contributed by atoms with Crippen molar-refractivity contribution in [2.75, 3.05) is 11.9 Å². The molecule has 2 aromatic carbocycles. The number of benzene rings is 2. The van der Waals surface area contributed by atoms with Crippen molar-refractivity contribution in [3.8, 4) is 5.69 Å². The lowest BCUT2D eigenvalue weighted by Gasteiger charge is -2.28. The van der Waals surface area contributed by atoms with Crippen molar-refractivity contribution in [3.05, 3.63) is 112 Å². The van der Waals surface area contributed by atoms with Crippen LogP contribution in [0.1, 0.15) is 52.3 Å².